The molecule has 0 spiro atoms. The Morgan fingerprint density at radius 1 is 1.19 bits per heavy atom. The van der Waals surface area contributed by atoms with Crippen molar-refractivity contribution < 1.29 is 4.79 Å². The summed E-state index contributed by atoms with van der Waals surface area (Å²) in [5, 5.41) is 8.48. The van der Waals surface area contributed by atoms with Crippen LogP contribution in [-0.4, -0.2) is 58.2 Å². The lowest BCUT2D eigenvalue weighted by atomic mass is 10.1. The number of rotatable bonds is 5. The summed E-state index contributed by atoms with van der Waals surface area (Å²) in [7, 11) is 0. The van der Waals surface area contributed by atoms with Gasteiger partial charge in [0.2, 0.25) is 5.91 Å². The summed E-state index contributed by atoms with van der Waals surface area (Å²) in [4.78, 5) is 16.9. The van der Waals surface area contributed by atoms with Crippen molar-refractivity contribution in [1.29, 1.82) is 0 Å². The van der Waals surface area contributed by atoms with Crippen molar-refractivity contribution in [2.75, 3.05) is 38.0 Å². The Balaban J connectivity index is 1.47. The average molecular weight is 392 g/mol. The normalized spacial score (nSPS) is 16.0. The summed E-state index contributed by atoms with van der Waals surface area (Å²) >= 11 is 6.88. The van der Waals surface area contributed by atoms with Gasteiger partial charge in [-0.25, -0.2) is 4.68 Å². The predicted octanol–water partition coefficient (Wildman–Crippen LogP) is 2.81. The lowest BCUT2D eigenvalue weighted by Gasteiger charge is -2.34. The Kier molecular flexibility index (Phi) is 6.18. The van der Waals surface area contributed by atoms with E-state index in [-0.39, 0.29) is 5.91 Å². The number of amides is 1. The van der Waals surface area contributed by atoms with Gasteiger partial charge in [0.25, 0.3) is 0 Å². The molecule has 26 heavy (non-hydrogen) atoms. The van der Waals surface area contributed by atoms with Crippen LogP contribution in [0.25, 0.3) is 0 Å². The molecule has 0 unspecified atom stereocenters. The van der Waals surface area contributed by atoms with Crippen LogP contribution < -0.4 is 5.32 Å². The van der Waals surface area contributed by atoms with Crippen molar-refractivity contribution in [1.82, 2.24) is 19.6 Å². The quantitative estimate of drug-likeness (QED) is 0.795. The summed E-state index contributed by atoms with van der Waals surface area (Å²) in [6.45, 7) is 10.8. The molecule has 1 N–H and O–H groups in total. The minimum Gasteiger partial charge on any atom is -0.325 e. The maximum absolute atomic E-state index is 12.4. The number of hydrogen-bond donors (Lipinski definition) is 1. The van der Waals surface area contributed by atoms with Crippen molar-refractivity contribution in [3.05, 3.63) is 38.3 Å². The Morgan fingerprint density at radius 2 is 1.88 bits per heavy atom. The number of carbonyl (C=O) groups is 1. The van der Waals surface area contributed by atoms with E-state index in [1.54, 1.807) is 11.3 Å². The zero-order valence-electron chi connectivity index (χ0n) is 15.5. The van der Waals surface area contributed by atoms with Crippen LogP contribution in [0.3, 0.4) is 0 Å². The second kappa shape index (κ2) is 8.39. The van der Waals surface area contributed by atoms with Gasteiger partial charge in [-0.05, 0) is 50.2 Å². The maximum atomic E-state index is 12.4. The fourth-order valence-electron chi connectivity index (χ4n) is 3.06. The highest BCUT2D eigenvalue weighted by Gasteiger charge is 2.20. The molecule has 0 bridgehead atoms. The molecule has 1 saturated heterocycles. The van der Waals surface area contributed by atoms with Gasteiger partial charge in [0.1, 0.15) is 5.01 Å². The Hall–Kier alpha value is -1.61. The molecule has 1 aliphatic rings. The number of carbonyl (C=O) groups excluding carboxylic acids is 1. The Labute approximate surface area is 163 Å². The van der Waals surface area contributed by atoms with E-state index in [1.807, 2.05) is 30.7 Å². The zero-order valence-corrected chi connectivity index (χ0v) is 17.1. The van der Waals surface area contributed by atoms with E-state index >= 15 is 0 Å². The van der Waals surface area contributed by atoms with Crippen LogP contribution in [0.15, 0.2) is 18.2 Å². The van der Waals surface area contributed by atoms with E-state index in [1.165, 1.54) is 5.56 Å². The third kappa shape index (κ3) is 4.76. The first-order valence-corrected chi connectivity index (χ1v) is 10.00. The number of hydrogen-bond acceptors (Lipinski definition) is 6. The number of benzene rings is 1. The summed E-state index contributed by atoms with van der Waals surface area (Å²) in [5.74, 6) is 0.0458. The van der Waals surface area contributed by atoms with Crippen LogP contribution in [0, 0.1) is 24.7 Å². The Morgan fingerprint density at radius 3 is 2.54 bits per heavy atom. The van der Waals surface area contributed by atoms with Crippen LogP contribution >= 0.6 is 23.6 Å². The van der Waals surface area contributed by atoms with Crippen molar-refractivity contribution in [2.45, 2.75) is 27.4 Å². The van der Waals surface area contributed by atoms with E-state index < -0.39 is 0 Å². The number of nitrogens with zero attached hydrogens (tertiary/aromatic N) is 4. The van der Waals surface area contributed by atoms with Gasteiger partial charge in [-0.2, -0.15) is 5.10 Å². The molecule has 3 rings (SSSR count). The van der Waals surface area contributed by atoms with Gasteiger partial charge in [-0.15, -0.1) is 0 Å². The SMILES string of the molecule is Cc1nn(CN2CCN(CC(=O)Nc3cccc(C)c3C)CC2)c(=S)s1. The molecule has 0 aliphatic carbocycles. The minimum atomic E-state index is 0.0458. The van der Waals surface area contributed by atoms with E-state index in [0.717, 1.165) is 53.1 Å². The molecule has 2 aromatic rings. The number of piperazine rings is 1. The number of anilines is 1. The van der Waals surface area contributed by atoms with Crippen molar-refractivity contribution in [3.63, 3.8) is 0 Å². The average Bonchev–Trinajstić information content (AvgIpc) is 2.91. The maximum Gasteiger partial charge on any atom is 0.238 e. The molecule has 1 aromatic heterocycles. The molecule has 140 valence electrons. The molecule has 1 aromatic carbocycles. The first-order chi connectivity index (χ1) is 12.4. The van der Waals surface area contributed by atoms with Crippen molar-refractivity contribution >= 4 is 35.1 Å². The third-order valence-corrected chi connectivity index (χ3v) is 5.98. The summed E-state index contributed by atoms with van der Waals surface area (Å²) < 4.78 is 2.70. The van der Waals surface area contributed by atoms with E-state index in [0.29, 0.717) is 6.54 Å². The van der Waals surface area contributed by atoms with Gasteiger partial charge >= 0.3 is 0 Å². The molecule has 8 heteroatoms. The van der Waals surface area contributed by atoms with Crippen LogP contribution in [0.4, 0.5) is 5.69 Å². The summed E-state index contributed by atoms with van der Waals surface area (Å²) in [6, 6.07) is 5.99. The molecule has 0 saturated carbocycles. The minimum absolute atomic E-state index is 0.0458. The van der Waals surface area contributed by atoms with Gasteiger partial charge in [0.05, 0.1) is 13.2 Å². The van der Waals surface area contributed by atoms with E-state index in [4.69, 9.17) is 12.2 Å². The van der Waals surface area contributed by atoms with Crippen LogP contribution in [0.5, 0.6) is 0 Å². The van der Waals surface area contributed by atoms with Crippen molar-refractivity contribution in [3.8, 4) is 0 Å². The first-order valence-electron chi connectivity index (χ1n) is 8.77. The molecule has 0 atom stereocenters. The fraction of sp³-hybridized carbons (Fsp3) is 0.500. The molecule has 1 fully saturated rings. The molecule has 2 heterocycles. The van der Waals surface area contributed by atoms with Gasteiger partial charge < -0.3 is 5.32 Å². The molecule has 6 nitrogen and oxygen atoms in total. The summed E-state index contributed by atoms with van der Waals surface area (Å²) in [5.41, 5.74) is 3.22. The lowest BCUT2D eigenvalue weighted by Crippen LogP contribution is -2.49. The molecular weight excluding hydrogens is 366 g/mol. The van der Waals surface area contributed by atoms with Gasteiger partial charge in [0, 0.05) is 31.9 Å². The molecule has 1 aliphatic heterocycles. The van der Waals surface area contributed by atoms with Crippen LogP contribution in [0.1, 0.15) is 16.1 Å². The standard InChI is InChI=1S/C18H25N5OS2/c1-13-5-4-6-16(14(13)2)19-17(24)11-21-7-9-22(10-8-21)12-23-18(25)26-15(3)20-23/h4-6H,7-12H2,1-3H3,(H,19,24). The fourth-order valence-corrected chi connectivity index (χ4v) is 4.11. The van der Waals surface area contributed by atoms with Gasteiger partial charge in [-0.3, -0.25) is 14.6 Å². The highest BCUT2D eigenvalue weighted by Crippen LogP contribution is 2.18. The molecular formula is C18H25N5OS2. The summed E-state index contributed by atoms with van der Waals surface area (Å²) in [6.07, 6.45) is 0. The van der Waals surface area contributed by atoms with E-state index in [9.17, 15) is 4.79 Å². The smallest absolute Gasteiger partial charge is 0.238 e. The topological polar surface area (TPSA) is 53.4 Å². The predicted molar refractivity (Wildman–Crippen MR) is 108 cm³/mol. The molecule has 0 radical (unpaired) electrons. The monoisotopic (exact) mass is 391 g/mol. The molecule has 1 amide bonds. The first kappa shape index (κ1) is 19.2. The third-order valence-electron chi connectivity index (χ3n) is 4.75. The van der Waals surface area contributed by atoms with E-state index in [2.05, 4.69) is 33.2 Å². The lowest BCUT2D eigenvalue weighted by molar-refractivity contribution is -0.117. The number of nitrogens with one attached hydrogen (secondary N) is 1. The van der Waals surface area contributed by atoms with Crippen LogP contribution in [-0.2, 0) is 11.5 Å². The highest BCUT2D eigenvalue weighted by molar-refractivity contribution is 7.73. The second-order valence-corrected chi connectivity index (χ2v) is 8.54. The second-order valence-electron chi connectivity index (χ2n) is 6.72. The number of aromatic nitrogens is 2. The van der Waals surface area contributed by atoms with Gasteiger partial charge in [-0.1, -0.05) is 23.5 Å². The van der Waals surface area contributed by atoms with Crippen molar-refractivity contribution in [2.24, 2.45) is 0 Å². The highest BCUT2D eigenvalue weighted by atomic mass is 32.1. The largest absolute Gasteiger partial charge is 0.325 e. The van der Waals surface area contributed by atoms with Crippen LogP contribution in [0.2, 0.25) is 0 Å². The zero-order chi connectivity index (χ0) is 18.7. The number of aryl methyl sites for hydroxylation is 2. The Bertz CT molecular complexity index is 836. The van der Waals surface area contributed by atoms with Gasteiger partial charge in [0.15, 0.2) is 3.95 Å².